The molecule has 3 aromatic heterocycles. The average Bonchev–Trinajstić information content (AvgIpc) is 3.98. The Morgan fingerprint density at radius 3 is 0.735 bits per heavy atom. The second kappa shape index (κ2) is 13.0. The summed E-state index contributed by atoms with van der Waals surface area (Å²) in [5.41, 5.74) is 15.0. The molecule has 8 bridgehead atoms. The zero-order valence-electron chi connectivity index (χ0n) is 26.3. The SMILES string of the molecule is C1=Cc2nc1c(-c1ccccc1)c1ccc([n-]1)c(-c1ccccc1)c1nc(c(-c3ccccc3)c3ccc([n-]3)c2-c2ccccc2)C=C1.[Rh+2]. The van der Waals surface area contributed by atoms with E-state index in [1.54, 1.807) is 0 Å². The fourth-order valence-corrected chi connectivity index (χ4v) is 6.69. The molecule has 2 aliphatic rings. The van der Waals surface area contributed by atoms with Crippen molar-refractivity contribution in [3.63, 3.8) is 0 Å². The minimum Gasteiger partial charge on any atom is -0.657 e. The van der Waals surface area contributed by atoms with Crippen molar-refractivity contribution >= 4 is 46.4 Å². The third kappa shape index (κ3) is 5.59. The fourth-order valence-electron chi connectivity index (χ4n) is 6.69. The van der Waals surface area contributed by atoms with Gasteiger partial charge in [0.1, 0.15) is 0 Å². The van der Waals surface area contributed by atoms with Crippen LogP contribution in [-0.4, -0.2) is 9.97 Å². The van der Waals surface area contributed by atoms with Gasteiger partial charge in [0, 0.05) is 0 Å². The Morgan fingerprint density at radius 1 is 0.286 bits per heavy atom. The van der Waals surface area contributed by atoms with E-state index in [9.17, 15) is 0 Å². The van der Waals surface area contributed by atoms with Crippen LogP contribution in [0.4, 0.5) is 0 Å². The molecule has 0 aliphatic carbocycles. The van der Waals surface area contributed by atoms with E-state index < -0.39 is 0 Å². The first-order valence-corrected chi connectivity index (χ1v) is 16.1. The number of benzene rings is 4. The first kappa shape index (κ1) is 30.4. The van der Waals surface area contributed by atoms with Gasteiger partial charge in [0.2, 0.25) is 0 Å². The van der Waals surface area contributed by atoms with Crippen molar-refractivity contribution < 1.29 is 19.5 Å². The molecule has 5 heterocycles. The van der Waals surface area contributed by atoms with Crippen LogP contribution in [0.3, 0.4) is 0 Å². The molecular weight excluding hydrogens is 687 g/mol. The van der Waals surface area contributed by atoms with Crippen LogP contribution in [-0.2, 0) is 19.5 Å². The molecule has 0 saturated carbocycles. The first-order chi connectivity index (χ1) is 23.8. The maximum absolute atomic E-state index is 5.31. The Labute approximate surface area is 297 Å². The van der Waals surface area contributed by atoms with Gasteiger partial charge in [-0.1, -0.05) is 146 Å². The molecule has 0 amide bonds. The summed E-state index contributed by atoms with van der Waals surface area (Å²) in [6.07, 6.45) is 8.41. The topological polar surface area (TPSA) is 54.0 Å². The van der Waals surface area contributed by atoms with Crippen LogP contribution in [0.1, 0.15) is 22.8 Å². The molecule has 0 saturated heterocycles. The molecule has 1 radical (unpaired) electrons. The van der Waals surface area contributed by atoms with E-state index in [1.807, 2.05) is 24.3 Å². The van der Waals surface area contributed by atoms with Crippen LogP contribution in [0, 0.1) is 0 Å². The molecule has 49 heavy (non-hydrogen) atoms. The zero-order chi connectivity index (χ0) is 31.9. The molecule has 2 aliphatic heterocycles. The average molecular weight is 716 g/mol. The Bertz CT molecular complexity index is 2180. The van der Waals surface area contributed by atoms with E-state index in [0.29, 0.717) is 0 Å². The Balaban J connectivity index is 0.00000348. The standard InChI is InChI=1S/C44H28N4.Rh/c1-5-13-29(14-6-1)41-33-21-23-35(45-33)42(30-15-7-2-8-16-30)37-25-27-39(47-37)44(32-19-11-4-12-20-32)40-28-26-38(48-40)43(31-17-9-3-10-18-31)36-24-22-34(41)46-36;/h1-28H;/q-2;+2. The fraction of sp³-hybridized carbons (Fsp3) is 0. The Hall–Kier alpha value is -5.90. The number of hydrogen-bond acceptors (Lipinski definition) is 2. The smallest absolute Gasteiger partial charge is 0.657 e. The first-order valence-electron chi connectivity index (χ1n) is 16.1. The summed E-state index contributed by atoms with van der Waals surface area (Å²) in [5, 5.41) is 0. The van der Waals surface area contributed by atoms with E-state index in [1.165, 1.54) is 0 Å². The predicted octanol–water partition coefficient (Wildman–Crippen LogP) is 10.6. The molecule has 9 rings (SSSR count). The van der Waals surface area contributed by atoms with Gasteiger partial charge in [-0.25, -0.2) is 9.97 Å². The molecule has 0 unspecified atom stereocenters. The second-order valence-electron chi connectivity index (χ2n) is 11.8. The number of nitrogens with zero attached hydrogens (tertiary/aromatic N) is 4. The van der Waals surface area contributed by atoms with Crippen LogP contribution in [0.15, 0.2) is 146 Å². The van der Waals surface area contributed by atoms with Gasteiger partial charge < -0.3 is 9.97 Å². The number of aromatic nitrogens is 4. The molecule has 7 aromatic rings. The van der Waals surface area contributed by atoms with E-state index in [4.69, 9.17) is 19.9 Å². The van der Waals surface area contributed by atoms with Crippen molar-refractivity contribution in [2.45, 2.75) is 0 Å². The van der Waals surface area contributed by atoms with E-state index in [2.05, 4.69) is 146 Å². The summed E-state index contributed by atoms with van der Waals surface area (Å²) < 4.78 is 0. The van der Waals surface area contributed by atoms with Gasteiger partial charge in [-0.05, 0) is 68.8 Å². The van der Waals surface area contributed by atoms with Crippen molar-refractivity contribution in [1.82, 2.24) is 19.9 Å². The third-order valence-corrected chi connectivity index (χ3v) is 8.86. The van der Waals surface area contributed by atoms with Gasteiger partial charge in [0.15, 0.2) is 0 Å². The maximum Gasteiger partial charge on any atom is 2.00 e. The maximum atomic E-state index is 5.31. The van der Waals surface area contributed by atoms with Gasteiger partial charge in [-0.15, -0.1) is 22.1 Å². The van der Waals surface area contributed by atoms with Crippen LogP contribution in [0.5, 0.6) is 0 Å². The summed E-state index contributed by atoms with van der Waals surface area (Å²) in [6, 6.07) is 50.0. The number of fused-ring (bicyclic) bond motifs is 8. The van der Waals surface area contributed by atoms with Gasteiger partial charge in [0.05, 0.1) is 22.8 Å². The Morgan fingerprint density at radius 2 is 0.510 bits per heavy atom. The molecule has 0 atom stereocenters. The van der Waals surface area contributed by atoms with Gasteiger partial charge in [-0.3, -0.25) is 0 Å². The van der Waals surface area contributed by atoms with Crippen LogP contribution in [0.2, 0.25) is 0 Å². The molecule has 4 aromatic carbocycles. The quantitative estimate of drug-likeness (QED) is 0.170. The van der Waals surface area contributed by atoms with Crippen LogP contribution < -0.4 is 9.97 Å². The molecule has 4 nitrogen and oxygen atoms in total. The minimum absolute atomic E-state index is 0. The van der Waals surface area contributed by atoms with Crippen molar-refractivity contribution in [2.24, 2.45) is 0 Å². The van der Waals surface area contributed by atoms with Crippen LogP contribution in [0.25, 0.3) is 90.9 Å². The number of rotatable bonds is 4. The summed E-state index contributed by atoms with van der Waals surface area (Å²) >= 11 is 0. The van der Waals surface area contributed by atoms with E-state index >= 15 is 0 Å². The Kier molecular flexibility index (Phi) is 8.05. The van der Waals surface area contributed by atoms with Crippen molar-refractivity contribution in [3.05, 3.63) is 168 Å². The van der Waals surface area contributed by atoms with Gasteiger partial charge in [-0.2, -0.15) is 0 Å². The van der Waals surface area contributed by atoms with Gasteiger partial charge in [0.25, 0.3) is 0 Å². The van der Waals surface area contributed by atoms with Gasteiger partial charge >= 0.3 is 19.5 Å². The predicted molar refractivity (Wildman–Crippen MR) is 199 cm³/mol. The summed E-state index contributed by atoms with van der Waals surface area (Å²) in [6.45, 7) is 0. The van der Waals surface area contributed by atoms with E-state index in [0.717, 1.165) is 89.4 Å². The number of hydrogen-bond donors (Lipinski definition) is 0. The molecule has 5 heteroatoms. The summed E-state index contributed by atoms with van der Waals surface area (Å²) in [5.74, 6) is 0. The second-order valence-corrected chi connectivity index (χ2v) is 11.8. The zero-order valence-corrected chi connectivity index (χ0v) is 27.9. The van der Waals surface area contributed by atoms with Crippen molar-refractivity contribution in [1.29, 1.82) is 0 Å². The summed E-state index contributed by atoms with van der Waals surface area (Å²) in [7, 11) is 0. The summed E-state index contributed by atoms with van der Waals surface area (Å²) in [4.78, 5) is 21.2. The molecule has 233 valence electrons. The third-order valence-electron chi connectivity index (χ3n) is 8.86. The van der Waals surface area contributed by atoms with Crippen LogP contribution >= 0.6 is 0 Å². The largest absolute Gasteiger partial charge is 2.00 e. The molecular formula is C44H28N4Rh. The van der Waals surface area contributed by atoms with Crippen molar-refractivity contribution in [3.8, 4) is 44.5 Å². The minimum atomic E-state index is 0. The molecule has 0 spiro atoms. The molecule has 0 N–H and O–H groups in total. The molecule has 0 fully saturated rings. The normalized spacial score (nSPS) is 11.8. The van der Waals surface area contributed by atoms with Crippen molar-refractivity contribution in [2.75, 3.05) is 0 Å². The monoisotopic (exact) mass is 715 g/mol. The van der Waals surface area contributed by atoms with E-state index in [-0.39, 0.29) is 19.5 Å².